The molecule has 1 aromatic carbocycles. The molecule has 8 nitrogen and oxygen atoms in total. The molecule has 2 aromatic rings. The van der Waals surface area contributed by atoms with Gasteiger partial charge in [-0.2, -0.15) is 0 Å². The Morgan fingerprint density at radius 1 is 1.11 bits per heavy atom. The van der Waals surface area contributed by atoms with Crippen molar-refractivity contribution in [3.05, 3.63) is 40.7 Å². The van der Waals surface area contributed by atoms with Crippen LogP contribution in [0.25, 0.3) is 11.6 Å². The average Bonchev–Trinajstić information content (AvgIpc) is 3.32. The number of H-pyrrole nitrogens is 1. The number of anilines is 3. The predicted octanol–water partition coefficient (Wildman–Crippen LogP) is 4.87. The van der Waals surface area contributed by atoms with Crippen LogP contribution in [0.4, 0.5) is 30.2 Å². The number of rotatable bonds is 10. The van der Waals surface area contributed by atoms with Gasteiger partial charge >= 0.3 is 0 Å². The van der Waals surface area contributed by atoms with Gasteiger partial charge in [0.25, 0.3) is 12.3 Å². The van der Waals surface area contributed by atoms with Crippen molar-refractivity contribution in [3.8, 4) is 0 Å². The zero-order chi connectivity index (χ0) is 26.4. The molecule has 5 N–H and O–H groups in total. The van der Waals surface area contributed by atoms with E-state index >= 15 is 0 Å². The number of carbonyl (C=O) groups excluding carboxylic acids is 3. The number of carbonyl (C=O) groups is 3. The standard InChI is InChI=1S/C18H18F2N4O2.C5H11NO.CH3F/c1-3-21-16-9(2)23-14(15(16)17(19)20)7-12-11-6-10(22-8-25)4-5-13(11)24-18(12)26;1-2-3-4-6-5-7;1-2/h4-8,17,21,23H,3H2,1-2H3,(H,22,25)(H,24,26);5H,2-4H2,1H3,(H,6,7);1H3/b12-7-;;. The Bertz CT molecular complexity index is 1020. The molecule has 1 aliphatic heterocycles. The second-order valence-corrected chi connectivity index (χ2v) is 7.24. The Morgan fingerprint density at radius 2 is 1.83 bits per heavy atom. The number of hydrogen-bond donors (Lipinski definition) is 5. The molecule has 2 heterocycles. The molecule has 35 heavy (non-hydrogen) atoms. The van der Waals surface area contributed by atoms with Crippen LogP contribution in [0.3, 0.4) is 0 Å². The van der Waals surface area contributed by atoms with Crippen molar-refractivity contribution in [1.82, 2.24) is 10.3 Å². The van der Waals surface area contributed by atoms with E-state index in [9.17, 15) is 27.6 Å². The first-order valence-electron chi connectivity index (χ1n) is 11.0. The summed E-state index contributed by atoms with van der Waals surface area (Å²) in [4.78, 5) is 35.4. The molecule has 0 aliphatic carbocycles. The van der Waals surface area contributed by atoms with Crippen LogP contribution in [0.15, 0.2) is 18.2 Å². The summed E-state index contributed by atoms with van der Waals surface area (Å²) in [7, 11) is 0.500. The normalized spacial score (nSPS) is 12.6. The summed E-state index contributed by atoms with van der Waals surface area (Å²) in [5.74, 6) is -0.388. The number of amides is 3. The first-order valence-corrected chi connectivity index (χ1v) is 11.0. The van der Waals surface area contributed by atoms with Gasteiger partial charge in [-0.15, -0.1) is 0 Å². The monoisotopic (exact) mass is 495 g/mol. The molecule has 11 heteroatoms. The van der Waals surface area contributed by atoms with Gasteiger partial charge < -0.3 is 26.3 Å². The quantitative estimate of drug-likeness (QED) is 0.184. The maximum atomic E-state index is 13.6. The third-order valence-electron chi connectivity index (χ3n) is 4.90. The first kappa shape index (κ1) is 29.3. The maximum Gasteiger partial charge on any atom is 0.267 e. The lowest BCUT2D eigenvalue weighted by molar-refractivity contribution is -0.111. The average molecular weight is 496 g/mol. The zero-order valence-electron chi connectivity index (χ0n) is 20.2. The smallest absolute Gasteiger partial charge is 0.267 e. The lowest BCUT2D eigenvalue weighted by atomic mass is 10.0. The molecule has 0 unspecified atom stereocenters. The van der Waals surface area contributed by atoms with Crippen LogP contribution in [-0.2, 0) is 14.4 Å². The van der Waals surface area contributed by atoms with Crippen LogP contribution >= 0.6 is 0 Å². The third-order valence-corrected chi connectivity index (χ3v) is 4.90. The highest BCUT2D eigenvalue weighted by Gasteiger charge is 2.27. The minimum atomic E-state index is -2.70. The van der Waals surface area contributed by atoms with Crippen LogP contribution in [0.1, 0.15) is 55.6 Å². The fraction of sp³-hybridized carbons (Fsp3) is 0.375. The molecule has 0 fully saturated rings. The van der Waals surface area contributed by atoms with Crippen LogP contribution in [0.2, 0.25) is 0 Å². The van der Waals surface area contributed by atoms with Crippen LogP contribution < -0.4 is 21.3 Å². The van der Waals surface area contributed by atoms with Gasteiger partial charge in [-0.3, -0.25) is 18.8 Å². The van der Waals surface area contributed by atoms with Gasteiger partial charge in [0.05, 0.1) is 29.7 Å². The molecule has 3 rings (SSSR count). The molecule has 1 aromatic heterocycles. The summed E-state index contributed by atoms with van der Waals surface area (Å²) in [6, 6.07) is 4.91. The topological polar surface area (TPSA) is 115 Å². The number of unbranched alkanes of at least 4 members (excludes halogenated alkanes) is 1. The number of fused-ring (bicyclic) bond motifs is 1. The molecule has 0 saturated heterocycles. The van der Waals surface area contributed by atoms with Crippen LogP contribution in [-0.4, -0.2) is 44.0 Å². The Labute approximate surface area is 202 Å². The highest BCUT2D eigenvalue weighted by Crippen LogP contribution is 2.39. The Hall–Kier alpha value is -3.76. The Morgan fingerprint density at radius 3 is 2.40 bits per heavy atom. The molecule has 192 valence electrons. The van der Waals surface area contributed by atoms with Gasteiger partial charge in [-0.1, -0.05) is 13.3 Å². The predicted molar refractivity (Wildman–Crippen MR) is 133 cm³/mol. The number of nitrogens with one attached hydrogen (secondary N) is 5. The molecule has 0 bridgehead atoms. The van der Waals surface area contributed by atoms with E-state index < -0.39 is 6.43 Å². The summed E-state index contributed by atoms with van der Waals surface area (Å²) in [5, 5.41) is 10.7. The van der Waals surface area contributed by atoms with Crippen molar-refractivity contribution in [2.45, 2.75) is 40.0 Å². The van der Waals surface area contributed by atoms with Crippen LogP contribution in [0.5, 0.6) is 0 Å². The van der Waals surface area contributed by atoms with E-state index in [0.29, 0.717) is 48.5 Å². The van der Waals surface area contributed by atoms with Crippen LogP contribution in [0, 0.1) is 6.92 Å². The summed E-state index contributed by atoms with van der Waals surface area (Å²) < 4.78 is 36.7. The van der Waals surface area contributed by atoms with E-state index in [1.807, 2.05) is 6.92 Å². The molecule has 3 amide bonds. The summed E-state index contributed by atoms with van der Waals surface area (Å²) in [5.41, 5.74) is 2.80. The molecule has 0 saturated carbocycles. The van der Waals surface area contributed by atoms with E-state index in [1.54, 1.807) is 25.1 Å². The summed E-state index contributed by atoms with van der Waals surface area (Å²) >= 11 is 0. The van der Waals surface area contributed by atoms with Crippen molar-refractivity contribution in [2.75, 3.05) is 36.2 Å². The van der Waals surface area contributed by atoms with E-state index in [0.717, 1.165) is 25.8 Å². The third kappa shape index (κ3) is 7.90. The summed E-state index contributed by atoms with van der Waals surface area (Å²) in [6.45, 7) is 6.92. The lowest BCUT2D eigenvalue weighted by Gasteiger charge is -2.07. The Kier molecular flexibility index (Phi) is 12.7. The minimum Gasteiger partial charge on any atom is -0.383 e. The molecule has 1 aliphatic rings. The molecule has 0 radical (unpaired) electrons. The molecular formula is C24H32F3N5O3. The van der Waals surface area contributed by atoms with E-state index in [4.69, 9.17) is 0 Å². The highest BCUT2D eigenvalue weighted by molar-refractivity contribution is 6.35. The van der Waals surface area contributed by atoms with Gasteiger partial charge in [-0.25, -0.2) is 8.78 Å². The zero-order valence-corrected chi connectivity index (χ0v) is 20.2. The number of halogens is 3. The first-order chi connectivity index (χ1) is 16.9. The summed E-state index contributed by atoms with van der Waals surface area (Å²) in [6.07, 6.45) is 2.20. The van der Waals surface area contributed by atoms with Crippen molar-refractivity contribution in [3.63, 3.8) is 0 Å². The van der Waals surface area contributed by atoms with Crippen molar-refractivity contribution in [2.24, 2.45) is 0 Å². The largest absolute Gasteiger partial charge is 0.383 e. The number of aromatic amines is 1. The fourth-order valence-electron chi connectivity index (χ4n) is 3.38. The lowest BCUT2D eigenvalue weighted by Crippen LogP contribution is -2.11. The van der Waals surface area contributed by atoms with Crippen molar-refractivity contribution < 1.29 is 27.6 Å². The minimum absolute atomic E-state index is 0.166. The SMILES string of the molecule is CCCCNC=O.CCNc1c(C)[nH]c(/C=C2\C(=O)Nc3ccc(NC=O)cc32)c1C(F)F.CF. The maximum absolute atomic E-state index is 13.6. The van der Waals surface area contributed by atoms with Crippen molar-refractivity contribution >= 4 is 47.4 Å². The molecule has 0 atom stereocenters. The van der Waals surface area contributed by atoms with Crippen molar-refractivity contribution in [1.29, 1.82) is 0 Å². The molecule has 0 spiro atoms. The second kappa shape index (κ2) is 15.2. The number of benzene rings is 1. The molecular weight excluding hydrogens is 463 g/mol. The Balaban J connectivity index is 0.000000587. The number of aromatic nitrogens is 1. The number of hydrogen-bond acceptors (Lipinski definition) is 4. The van der Waals surface area contributed by atoms with Gasteiger partial charge in [0.1, 0.15) is 0 Å². The van der Waals surface area contributed by atoms with E-state index in [2.05, 4.69) is 33.2 Å². The fourth-order valence-corrected chi connectivity index (χ4v) is 3.38. The number of aryl methyl sites for hydroxylation is 1. The second-order valence-electron chi connectivity index (χ2n) is 7.24. The highest BCUT2D eigenvalue weighted by atomic mass is 19.3. The van der Waals surface area contributed by atoms with Gasteiger partial charge in [-0.05, 0) is 44.5 Å². The van der Waals surface area contributed by atoms with Gasteiger partial charge in [0, 0.05) is 35.7 Å². The number of alkyl halides is 3. The van der Waals surface area contributed by atoms with E-state index in [-0.39, 0.29) is 22.7 Å². The van der Waals surface area contributed by atoms with E-state index in [1.165, 1.54) is 6.08 Å². The van der Waals surface area contributed by atoms with Gasteiger partial charge in [0.15, 0.2) is 0 Å². The van der Waals surface area contributed by atoms with Gasteiger partial charge in [0.2, 0.25) is 12.8 Å².